The Morgan fingerprint density at radius 2 is 1.63 bits per heavy atom. The minimum atomic E-state index is -0.696. The minimum absolute atomic E-state index is 0.0493. The minimum Gasteiger partial charge on any atom is -0.493 e. The number of benzene rings is 3. The highest BCUT2D eigenvalue weighted by Gasteiger charge is 2.27. The van der Waals surface area contributed by atoms with E-state index in [1.54, 1.807) is 30.3 Å². The molecule has 35 heavy (non-hydrogen) atoms. The van der Waals surface area contributed by atoms with Gasteiger partial charge in [-0.15, -0.1) is 0 Å². The molecule has 4 rings (SSSR count). The summed E-state index contributed by atoms with van der Waals surface area (Å²) in [6, 6.07) is 18.1. The van der Waals surface area contributed by atoms with Crippen molar-refractivity contribution in [3.63, 3.8) is 0 Å². The molecule has 0 unspecified atom stereocenters. The predicted octanol–water partition coefficient (Wildman–Crippen LogP) is 5.72. The number of esters is 2. The smallest absolute Gasteiger partial charge is 0.339 e. The van der Waals surface area contributed by atoms with Crippen LogP contribution in [0.4, 0.5) is 0 Å². The molecule has 3 aromatic carbocycles. The van der Waals surface area contributed by atoms with Crippen molar-refractivity contribution < 1.29 is 28.5 Å². The summed E-state index contributed by atoms with van der Waals surface area (Å²) in [6.45, 7) is 0.309. The van der Waals surface area contributed by atoms with Crippen molar-refractivity contribution in [2.24, 2.45) is 0 Å². The van der Waals surface area contributed by atoms with E-state index < -0.39 is 11.9 Å². The average molecular weight is 492 g/mol. The quantitative estimate of drug-likeness (QED) is 0.241. The van der Waals surface area contributed by atoms with Gasteiger partial charge in [-0.05, 0) is 52.2 Å². The van der Waals surface area contributed by atoms with Crippen molar-refractivity contribution in [2.45, 2.75) is 6.61 Å². The standard InChI is InChI=1S/C27H22ClNO6/c1-32-21-12-18-11-20(26(30)33-2)25(27(31)34-3)24(17-9-10-29-23(28)13-17)19(18)14-22(21)35-15-16-7-5-4-6-8-16/h4-14H,15H2,1-3H3. The monoisotopic (exact) mass is 491 g/mol. The second-order valence-electron chi connectivity index (χ2n) is 7.52. The zero-order chi connectivity index (χ0) is 24.9. The Morgan fingerprint density at radius 3 is 2.29 bits per heavy atom. The Balaban J connectivity index is 2.02. The lowest BCUT2D eigenvalue weighted by atomic mass is 9.89. The van der Waals surface area contributed by atoms with Crippen LogP contribution < -0.4 is 9.47 Å². The van der Waals surface area contributed by atoms with Gasteiger partial charge in [0.25, 0.3) is 0 Å². The van der Waals surface area contributed by atoms with E-state index >= 15 is 0 Å². The molecule has 0 atom stereocenters. The van der Waals surface area contributed by atoms with Gasteiger partial charge in [0.1, 0.15) is 11.8 Å². The van der Waals surface area contributed by atoms with Crippen molar-refractivity contribution in [1.29, 1.82) is 0 Å². The van der Waals surface area contributed by atoms with Crippen molar-refractivity contribution >= 4 is 34.3 Å². The maximum atomic E-state index is 13.0. The van der Waals surface area contributed by atoms with Crippen LogP contribution in [-0.4, -0.2) is 38.3 Å². The molecule has 0 aliphatic heterocycles. The first-order chi connectivity index (χ1) is 17.0. The Morgan fingerprint density at radius 1 is 0.886 bits per heavy atom. The number of fused-ring (bicyclic) bond motifs is 1. The summed E-state index contributed by atoms with van der Waals surface area (Å²) in [5.41, 5.74) is 2.08. The van der Waals surface area contributed by atoms with E-state index in [0.29, 0.717) is 40.0 Å². The molecular weight excluding hydrogens is 470 g/mol. The third-order valence-corrected chi connectivity index (χ3v) is 5.68. The number of carbonyl (C=O) groups is 2. The molecule has 1 aromatic heterocycles. The third kappa shape index (κ3) is 4.90. The van der Waals surface area contributed by atoms with Crippen LogP contribution in [-0.2, 0) is 16.1 Å². The summed E-state index contributed by atoms with van der Waals surface area (Å²) < 4.78 is 21.7. The van der Waals surface area contributed by atoms with Crippen molar-refractivity contribution in [1.82, 2.24) is 4.98 Å². The summed E-state index contributed by atoms with van der Waals surface area (Å²) in [6.07, 6.45) is 1.52. The van der Waals surface area contributed by atoms with Crippen molar-refractivity contribution in [3.8, 4) is 22.6 Å². The molecule has 0 radical (unpaired) electrons. The molecule has 1 heterocycles. The van der Waals surface area contributed by atoms with Gasteiger partial charge in [0.15, 0.2) is 11.5 Å². The summed E-state index contributed by atoms with van der Waals surface area (Å²) in [5.74, 6) is -0.449. The molecule has 0 amide bonds. The fourth-order valence-corrected chi connectivity index (χ4v) is 4.03. The molecule has 4 aromatic rings. The molecule has 0 bridgehead atoms. The molecule has 0 spiro atoms. The predicted molar refractivity (Wildman–Crippen MR) is 132 cm³/mol. The fourth-order valence-electron chi connectivity index (χ4n) is 3.86. The van der Waals surface area contributed by atoms with Crippen LogP contribution in [0.1, 0.15) is 26.3 Å². The number of pyridine rings is 1. The van der Waals surface area contributed by atoms with Crippen LogP contribution in [0.15, 0.2) is 66.9 Å². The largest absolute Gasteiger partial charge is 0.493 e. The van der Waals surface area contributed by atoms with Crippen LogP contribution in [0.25, 0.3) is 21.9 Å². The average Bonchev–Trinajstić information content (AvgIpc) is 2.89. The lowest BCUT2D eigenvalue weighted by Gasteiger charge is -2.18. The van der Waals surface area contributed by atoms with Crippen LogP contribution in [0, 0.1) is 0 Å². The highest BCUT2D eigenvalue weighted by molar-refractivity contribution is 6.29. The van der Waals surface area contributed by atoms with Crippen LogP contribution in [0.5, 0.6) is 11.5 Å². The first kappa shape index (κ1) is 24.0. The van der Waals surface area contributed by atoms with Gasteiger partial charge < -0.3 is 18.9 Å². The van der Waals surface area contributed by atoms with E-state index in [2.05, 4.69) is 4.98 Å². The molecule has 8 heteroatoms. The van der Waals surface area contributed by atoms with Gasteiger partial charge in [-0.3, -0.25) is 0 Å². The Kier molecular flexibility index (Phi) is 7.17. The normalized spacial score (nSPS) is 10.6. The summed E-state index contributed by atoms with van der Waals surface area (Å²) in [4.78, 5) is 29.7. The number of hydrogen-bond donors (Lipinski definition) is 0. The van der Waals surface area contributed by atoms with E-state index in [1.165, 1.54) is 27.5 Å². The molecule has 0 fully saturated rings. The number of nitrogens with zero attached hydrogens (tertiary/aromatic N) is 1. The number of carbonyl (C=O) groups excluding carboxylic acids is 2. The lowest BCUT2D eigenvalue weighted by molar-refractivity contribution is 0.0556. The van der Waals surface area contributed by atoms with Gasteiger partial charge >= 0.3 is 11.9 Å². The lowest BCUT2D eigenvalue weighted by Crippen LogP contribution is -2.14. The number of methoxy groups -OCH3 is 3. The molecule has 0 saturated carbocycles. The second kappa shape index (κ2) is 10.4. The van der Waals surface area contributed by atoms with Crippen LogP contribution in [0.3, 0.4) is 0 Å². The SMILES string of the molecule is COC(=O)c1cc2cc(OC)c(OCc3ccccc3)cc2c(-c2ccnc(Cl)c2)c1C(=O)OC. The third-order valence-electron chi connectivity index (χ3n) is 5.47. The summed E-state index contributed by atoms with van der Waals surface area (Å²) >= 11 is 6.17. The maximum absolute atomic E-state index is 13.0. The van der Waals surface area contributed by atoms with Crippen molar-refractivity contribution in [2.75, 3.05) is 21.3 Å². The topological polar surface area (TPSA) is 84.0 Å². The number of hydrogen-bond acceptors (Lipinski definition) is 7. The number of ether oxygens (including phenoxy) is 4. The van der Waals surface area contributed by atoms with E-state index in [0.717, 1.165) is 5.56 Å². The number of halogens is 1. The number of aromatic nitrogens is 1. The first-order valence-corrected chi connectivity index (χ1v) is 11.0. The van der Waals surface area contributed by atoms with Crippen molar-refractivity contribution in [3.05, 3.63) is 88.7 Å². The van der Waals surface area contributed by atoms with Gasteiger partial charge in [-0.2, -0.15) is 0 Å². The van der Waals surface area contributed by atoms with E-state index in [1.807, 2.05) is 30.3 Å². The van der Waals surface area contributed by atoms with E-state index in [-0.39, 0.29) is 16.3 Å². The Hall–Kier alpha value is -4.10. The summed E-state index contributed by atoms with van der Waals surface area (Å²) in [5, 5.41) is 1.48. The molecule has 0 N–H and O–H groups in total. The van der Waals surface area contributed by atoms with Crippen LogP contribution in [0.2, 0.25) is 5.15 Å². The zero-order valence-electron chi connectivity index (χ0n) is 19.3. The Bertz CT molecular complexity index is 1400. The zero-order valence-corrected chi connectivity index (χ0v) is 20.1. The van der Waals surface area contributed by atoms with Gasteiger partial charge in [-0.25, -0.2) is 14.6 Å². The molecule has 0 saturated heterocycles. The fraction of sp³-hybridized carbons (Fsp3) is 0.148. The van der Waals surface area contributed by atoms with E-state index in [4.69, 9.17) is 30.5 Å². The van der Waals surface area contributed by atoms with Gasteiger partial charge in [0, 0.05) is 11.8 Å². The molecule has 7 nitrogen and oxygen atoms in total. The first-order valence-electron chi connectivity index (χ1n) is 10.6. The number of rotatable bonds is 7. The maximum Gasteiger partial charge on any atom is 0.339 e. The van der Waals surface area contributed by atoms with Gasteiger partial charge in [0.2, 0.25) is 0 Å². The molecular formula is C27H22ClNO6. The molecule has 178 valence electrons. The highest BCUT2D eigenvalue weighted by atomic mass is 35.5. The van der Waals surface area contributed by atoms with Crippen LogP contribution >= 0.6 is 11.6 Å². The van der Waals surface area contributed by atoms with Gasteiger partial charge in [-0.1, -0.05) is 41.9 Å². The van der Waals surface area contributed by atoms with Gasteiger partial charge in [0.05, 0.1) is 32.5 Å². The second-order valence-corrected chi connectivity index (χ2v) is 7.91. The highest BCUT2D eigenvalue weighted by Crippen LogP contribution is 2.41. The summed E-state index contributed by atoms with van der Waals surface area (Å²) in [7, 11) is 4.03. The Labute approximate surface area is 207 Å². The van der Waals surface area contributed by atoms with E-state index in [9.17, 15) is 9.59 Å². The molecule has 0 aliphatic carbocycles. The molecule has 0 aliphatic rings.